The van der Waals surface area contributed by atoms with Crippen LogP contribution in [0.15, 0.2) is 66.9 Å². The number of aromatic carboxylic acids is 1. The Morgan fingerprint density at radius 2 is 1.39 bits per heavy atom. The van der Waals surface area contributed by atoms with E-state index in [0.29, 0.717) is 5.56 Å². The number of nitrogens with zero attached hydrogens (tertiary/aromatic N) is 2. The highest BCUT2D eigenvalue weighted by molar-refractivity contribution is 6.26. The molecule has 0 fully saturated rings. The summed E-state index contributed by atoms with van der Waals surface area (Å²) in [5, 5.41) is 9.42. The highest BCUT2D eigenvalue weighted by atomic mass is 16.4. The van der Waals surface area contributed by atoms with Crippen molar-refractivity contribution in [2.24, 2.45) is 0 Å². The number of pyridine rings is 1. The van der Waals surface area contributed by atoms with Gasteiger partial charge in [-0.3, -0.25) is 9.59 Å². The molecule has 1 heterocycles. The van der Waals surface area contributed by atoms with Crippen LogP contribution in [0.1, 0.15) is 42.2 Å². The molecular weight excluding hydrogens is 356 g/mol. The first-order valence-corrected chi connectivity index (χ1v) is 8.59. The smallest absolute Gasteiger partial charge is 0.336 e. The summed E-state index contributed by atoms with van der Waals surface area (Å²) in [4.78, 5) is 43.0. The standard InChI is InChI=1S/C22H18N2O4/c1-14-7-10-16(11-8-14)20(25)24(19-12-9-15(2)13-23-19)21(26)17-5-3-4-6-18(17)22(27)28/h3-13H,1-2H3,(H,27,28). The number of carbonyl (C=O) groups excluding carboxylic acids is 2. The second kappa shape index (κ2) is 7.84. The highest BCUT2D eigenvalue weighted by Crippen LogP contribution is 2.21. The lowest BCUT2D eigenvalue weighted by atomic mass is 10.1. The summed E-state index contributed by atoms with van der Waals surface area (Å²) in [7, 11) is 0. The van der Waals surface area contributed by atoms with Gasteiger partial charge in [0, 0.05) is 11.8 Å². The molecule has 0 saturated carbocycles. The Morgan fingerprint density at radius 1 is 0.786 bits per heavy atom. The van der Waals surface area contributed by atoms with Gasteiger partial charge in [0.1, 0.15) is 5.82 Å². The summed E-state index contributed by atoms with van der Waals surface area (Å²) >= 11 is 0. The Labute approximate surface area is 162 Å². The third-order valence-electron chi connectivity index (χ3n) is 4.22. The van der Waals surface area contributed by atoms with E-state index >= 15 is 0 Å². The van der Waals surface area contributed by atoms with E-state index in [0.717, 1.165) is 16.0 Å². The van der Waals surface area contributed by atoms with Crippen molar-refractivity contribution in [1.82, 2.24) is 4.98 Å². The van der Waals surface area contributed by atoms with E-state index < -0.39 is 17.8 Å². The molecule has 0 aliphatic carbocycles. The van der Waals surface area contributed by atoms with Gasteiger partial charge in [0.2, 0.25) is 0 Å². The molecule has 0 aliphatic heterocycles. The summed E-state index contributed by atoms with van der Waals surface area (Å²) in [6.07, 6.45) is 1.54. The van der Waals surface area contributed by atoms with Crippen molar-refractivity contribution in [3.8, 4) is 0 Å². The molecule has 6 heteroatoms. The fourth-order valence-electron chi connectivity index (χ4n) is 2.69. The predicted octanol–water partition coefficient (Wildman–Crippen LogP) is 3.88. The number of benzene rings is 2. The summed E-state index contributed by atoms with van der Waals surface area (Å²) < 4.78 is 0. The lowest BCUT2D eigenvalue weighted by Crippen LogP contribution is -2.38. The normalized spacial score (nSPS) is 10.4. The van der Waals surface area contributed by atoms with E-state index in [2.05, 4.69) is 4.98 Å². The first-order valence-electron chi connectivity index (χ1n) is 8.59. The number of hydrogen-bond donors (Lipinski definition) is 1. The summed E-state index contributed by atoms with van der Waals surface area (Å²) in [5.41, 5.74) is 1.87. The SMILES string of the molecule is Cc1ccc(C(=O)N(C(=O)c2ccccc2C(=O)O)c2ccc(C)cn2)cc1. The zero-order valence-electron chi connectivity index (χ0n) is 15.4. The third-order valence-corrected chi connectivity index (χ3v) is 4.22. The molecule has 1 N–H and O–H groups in total. The fourth-order valence-corrected chi connectivity index (χ4v) is 2.69. The van der Waals surface area contributed by atoms with Crippen molar-refractivity contribution in [3.63, 3.8) is 0 Å². The number of aryl methyl sites for hydroxylation is 2. The minimum absolute atomic E-state index is 0.0853. The van der Waals surface area contributed by atoms with Crippen LogP contribution in [0.3, 0.4) is 0 Å². The van der Waals surface area contributed by atoms with Crippen molar-refractivity contribution in [1.29, 1.82) is 0 Å². The lowest BCUT2D eigenvalue weighted by Gasteiger charge is -2.21. The zero-order valence-corrected chi connectivity index (χ0v) is 15.4. The van der Waals surface area contributed by atoms with Gasteiger partial charge in [-0.2, -0.15) is 0 Å². The topological polar surface area (TPSA) is 87.6 Å². The Morgan fingerprint density at radius 3 is 1.96 bits per heavy atom. The maximum absolute atomic E-state index is 13.2. The number of imide groups is 1. The molecule has 0 radical (unpaired) electrons. The fraction of sp³-hybridized carbons (Fsp3) is 0.0909. The van der Waals surface area contributed by atoms with E-state index in [-0.39, 0.29) is 16.9 Å². The Kier molecular flexibility index (Phi) is 5.31. The second-order valence-electron chi connectivity index (χ2n) is 6.36. The van der Waals surface area contributed by atoms with Crippen LogP contribution < -0.4 is 4.90 Å². The molecule has 0 unspecified atom stereocenters. The van der Waals surface area contributed by atoms with E-state index in [1.165, 1.54) is 18.2 Å². The molecule has 0 spiro atoms. The zero-order chi connectivity index (χ0) is 20.3. The molecule has 2 aromatic carbocycles. The number of aromatic nitrogens is 1. The molecule has 3 rings (SSSR count). The van der Waals surface area contributed by atoms with Crippen LogP contribution in [0.4, 0.5) is 5.82 Å². The third kappa shape index (κ3) is 3.81. The Bertz CT molecular complexity index is 1040. The van der Waals surface area contributed by atoms with Gasteiger partial charge in [-0.15, -0.1) is 0 Å². The number of carbonyl (C=O) groups is 3. The van der Waals surface area contributed by atoms with Crippen molar-refractivity contribution in [2.75, 3.05) is 4.90 Å². The second-order valence-corrected chi connectivity index (χ2v) is 6.36. The molecule has 0 saturated heterocycles. The van der Waals surface area contributed by atoms with E-state index in [1.54, 1.807) is 48.7 Å². The van der Waals surface area contributed by atoms with Gasteiger partial charge in [-0.25, -0.2) is 14.7 Å². The molecule has 6 nitrogen and oxygen atoms in total. The molecule has 0 bridgehead atoms. The number of rotatable bonds is 4. The van der Waals surface area contributed by atoms with E-state index in [9.17, 15) is 19.5 Å². The van der Waals surface area contributed by atoms with Crippen LogP contribution in [0, 0.1) is 13.8 Å². The number of hydrogen-bond acceptors (Lipinski definition) is 4. The van der Waals surface area contributed by atoms with Crippen LogP contribution in [-0.2, 0) is 0 Å². The van der Waals surface area contributed by atoms with Gasteiger partial charge in [0.05, 0.1) is 11.1 Å². The number of amides is 2. The Hall–Kier alpha value is -3.80. The van der Waals surface area contributed by atoms with Gasteiger partial charge >= 0.3 is 5.97 Å². The average Bonchev–Trinajstić information content (AvgIpc) is 2.70. The van der Waals surface area contributed by atoms with Gasteiger partial charge in [0.25, 0.3) is 11.8 Å². The van der Waals surface area contributed by atoms with Crippen LogP contribution >= 0.6 is 0 Å². The highest BCUT2D eigenvalue weighted by Gasteiger charge is 2.29. The molecule has 0 aliphatic rings. The van der Waals surface area contributed by atoms with Crippen LogP contribution in [-0.4, -0.2) is 27.9 Å². The first-order chi connectivity index (χ1) is 13.4. The van der Waals surface area contributed by atoms with Crippen molar-refractivity contribution >= 4 is 23.6 Å². The number of anilines is 1. The van der Waals surface area contributed by atoms with Gasteiger partial charge in [-0.05, 0) is 49.7 Å². The van der Waals surface area contributed by atoms with Crippen LogP contribution in [0.25, 0.3) is 0 Å². The minimum atomic E-state index is -1.25. The molecule has 0 atom stereocenters. The molecule has 2 amide bonds. The quantitative estimate of drug-likeness (QED) is 0.700. The van der Waals surface area contributed by atoms with Gasteiger partial charge in [-0.1, -0.05) is 35.9 Å². The maximum atomic E-state index is 13.2. The lowest BCUT2D eigenvalue weighted by molar-refractivity contribution is 0.0690. The molecule has 1 aromatic heterocycles. The first kappa shape index (κ1) is 19.0. The van der Waals surface area contributed by atoms with Gasteiger partial charge < -0.3 is 5.11 Å². The summed E-state index contributed by atoms with van der Waals surface area (Å²) in [6.45, 7) is 3.73. The molecule has 3 aromatic rings. The van der Waals surface area contributed by atoms with Crippen LogP contribution in [0.5, 0.6) is 0 Å². The van der Waals surface area contributed by atoms with Crippen molar-refractivity contribution in [2.45, 2.75) is 13.8 Å². The molecule has 140 valence electrons. The van der Waals surface area contributed by atoms with E-state index in [4.69, 9.17) is 0 Å². The van der Waals surface area contributed by atoms with Crippen molar-refractivity contribution in [3.05, 3.63) is 94.7 Å². The molecular formula is C22H18N2O4. The molecule has 28 heavy (non-hydrogen) atoms. The summed E-state index contributed by atoms with van der Waals surface area (Å²) in [6, 6.07) is 15.9. The average molecular weight is 374 g/mol. The predicted molar refractivity (Wildman–Crippen MR) is 105 cm³/mol. The monoisotopic (exact) mass is 374 g/mol. The van der Waals surface area contributed by atoms with Crippen LogP contribution in [0.2, 0.25) is 0 Å². The number of carboxylic acids is 1. The summed E-state index contributed by atoms with van der Waals surface area (Å²) in [5.74, 6) is -2.45. The van der Waals surface area contributed by atoms with Gasteiger partial charge in [0.15, 0.2) is 0 Å². The Balaban J connectivity index is 2.12. The van der Waals surface area contributed by atoms with E-state index in [1.807, 2.05) is 13.8 Å². The van der Waals surface area contributed by atoms with Crippen molar-refractivity contribution < 1.29 is 19.5 Å². The number of carboxylic acid groups (broad SMARTS) is 1. The minimum Gasteiger partial charge on any atom is -0.478 e. The maximum Gasteiger partial charge on any atom is 0.336 e. The largest absolute Gasteiger partial charge is 0.478 e.